The number of nitrogens with two attached hydrogens (primary N) is 1. The third kappa shape index (κ3) is 4.05. The van der Waals surface area contributed by atoms with Gasteiger partial charge in [-0.1, -0.05) is 15.9 Å². The highest BCUT2D eigenvalue weighted by Gasteiger charge is 2.03. The van der Waals surface area contributed by atoms with Gasteiger partial charge in [0.15, 0.2) is 0 Å². The number of hydrogen-bond donors (Lipinski definition) is 1. The molecule has 3 rings (SSSR count). The molecule has 116 valence electrons. The van der Waals surface area contributed by atoms with Crippen LogP contribution >= 0.6 is 15.9 Å². The smallest absolute Gasteiger partial charge is 0.130 e. The lowest BCUT2D eigenvalue weighted by molar-refractivity contribution is 0.467. The Balaban J connectivity index is 1.70. The maximum Gasteiger partial charge on any atom is 0.130 e. The van der Waals surface area contributed by atoms with Gasteiger partial charge in [0.05, 0.1) is 0 Å². The van der Waals surface area contributed by atoms with Crippen LogP contribution in [0.3, 0.4) is 0 Å². The van der Waals surface area contributed by atoms with Gasteiger partial charge in [-0.05, 0) is 79.2 Å². The van der Waals surface area contributed by atoms with Crippen LogP contribution in [0.1, 0.15) is 5.56 Å². The van der Waals surface area contributed by atoms with Crippen molar-refractivity contribution in [3.8, 4) is 23.0 Å². The quantitative estimate of drug-likeness (QED) is 0.580. The van der Waals surface area contributed by atoms with Crippen molar-refractivity contribution in [3.63, 3.8) is 0 Å². The summed E-state index contributed by atoms with van der Waals surface area (Å²) in [5.41, 5.74) is 7.48. The molecule has 23 heavy (non-hydrogen) atoms. The van der Waals surface area contributed by atoms with Crippen LogP contribution in [0.2, 0.25) is 0 Å². The Morgan fingerprint density at radius 2 is 1.26 bits per heavy atom. The van der Waals surface area contributed by atoms with E-state index in [1.54, 1.807) is 0 Å². The maximum atomic E-state index is 5.87. The van der Waals surface area contributed by atoms with Gasteiger partial charge in [-0.3, -0.25) is 0 Å². The Hall–Kier alpha value is -2.46. The predicted octanol–water partition coefficient (Wildman–Crippen LogP) is 5.92. The molecule has 0 atom stereocenters. The van der Waals surface area contributed by atoms with Gasteiger partial charge in [-0.15, -0.1) is 0 Å². The van der Waals surface area contributed by atoms with E-state index in [0.29, 0.717) is 0 Å². The average molecular weight is 370 g/mol. The number of hydrogen-bond acceptors (Lipinski definition) is 3. The van der Waals surface area contributed by atoms with Crippen molar-refractivity contribution in [3.05, 3.63) is 76.8 Å². The molecule has 0 amide bonds. The monoisotopic (exact) mass is 369 g/mol. The van der Waals surface area contributed by atoms with Crippen LogP contribution in [-0.2, 0) is 0 Å². The molecule has 0 saturated carbocycles. The lowest BCUT2D eigenvalue weighted by Crippen LogP contribution is -1.91. The van der Waals surface area contributed by atoms with Crippen molar-refractivity contribution < 1.29 is 9.47 Å². The lowest BCUT2D eigenvalue weighted by atomic mass is 10.2. The Labute approximate surface area is 143 Å². The zero-order valence-electron chi connectivity index (χ0n) is 12.6. The van der Waals surface area contributed by atoms with Crippen molar-refractivity contribution in [1.82, 2.24) is 0 Å². The second-order valence-corrected chi connectivity index (χ2v) is 6.07. The largest absolute Gasteiger partial charge is 0.457 e. The van der Waals surface area contributed by atoms with E-state index in [1.807, 2.05) is 73.7 Å². The van der Waals surface area contributed by atoms with Crippen LogP contribution < -0.4 is 15.2 Å². The molecule has 0 heterocycles. The minimum atomic E-state index is 0.730. The number of aryl methyl sites for hydroxylation is 1. The molecule has 3 nitrogen and oxygen atoms in total. The second kappa shape index (κ2) is 6.75. The summed E-state index contributed by atoms with van der Waals surface area (Å²) in [5, 5.41) is 0. The van der Waals surface area contributed by atoms with Gasteiger partial charge in [0, 0.05) is 10.2 Å². The summed E-state index contributed by atoms with van der Waals surface area (Å²) < 4.78 is 12.7. The minimum absolute atomic E-state index is 0.730. The van der Waals surface area contributed by atoms with Crippen molar-refractivity contribution in [2.24, 2.45) is 0 Å². The molecule has 0 saturated heterocycles. The first-order chi connectivity index (χ1) is 11.1. The van der Waals surface area contributed by atoms with E-state index in [0.717, 1.165) is 38.7 Å². The van der Waals surface area contributed by atoms with Gasteiger partial charge in [0.2, 0.25) is 0 Å². The van der Waals surface area contributed by atoms with Crippen molar-refractivity contribution >= 4 is 21.6 Å². The summed E-state index contributed by atoms with van der Waals surface area (Å²) in [6.07, 6.45) is 0. The molecule has 3 aromatic carbocycles. The van der Waals surface area contributed by atoms with E-state index < -0.39 is 0 Å². The van der Waals surface area contributed by atoms with Gasteiger partial charge >= 0.3 is 0 Å². The summed E-state index contributed by atoms with van der Waals surface area (Å²) in [6, 6.07) is 20.8. The van der Waals surface area contributed by atoms with Crippen molar-refractivity contribution in [2.75, 3.05) is 5.73 Å². The van der Waals surface area contributed by atoms with Crippen LogP contribution in [-0.4, -0.2) is 0 Å². The van der Waals surface area contributed by atoms with E-state index in [4.69, 9.17) is 15.2 Å². The first kappa shape index (κ1) is 15.4. The molecule has 0 aliphatic carbocycles. The van der Waals surface area contributed by atoms with Gasteiger partial charge in [-0.2, -0.15) is 0 Å². The molecule has 0 spiro atoms. The molecule has 0 bridgehead atoms. The standard InChI is InChI=1S/C19H16BrNO2/c1-13-12-15(21)4-11-19(13)23-18-9-7-17(8-10-18)22-16-5-2-14(20)3-6-16/h2-12H,21H2,1H3. The van der Waals surface area contributed by atoms with E-state index in [-0.39, 0.29) is 0 Å². The lowest BCUT2D eigenvalue weighted by Gasteiger charge is -2.10. The Morgan fingerprint density at radius 3 is 1.83 bits per heavy atom. The summed E-state index contributed by atoms with van der Waals surface area (Å²) in [6.45, 7) is 1.97. The first-order valence-corrected chi connectivity index (χ1v) is 7.97. The molecule has 2 N–H and O–H groups in total. The van der Waals surface area contributed by atoms with Crippen molar-refractivity contribution in [1.29, 1.82) is 0 Å². The zero-order valence-corrected chi connectivity index (χ0v) is 14.2. The fraction of sp³-hybridized carbons (Fsp3) is 0.0526. The topological polar surface area (TPSA) is 44.5 Å². The number of nitrogen functional groups attached to an aromatic ring is 1. The molecule has 0 aromatic heterocycles. The molecule has 0 fully saturated rings. The Bertz CT molecular complexity index is 799. The van der Waals surface area contributed by atoms with Crippen LogP contribution in [0.25, 0.3) is 0 Å². The van der Waals surface area contributed by atoms with Crippen LogP contribution in [0.5, 0.6) is 23.0 Å². The molecule has 3 aromatic rings. The molecule has 0 unspecified atom stereocenters. The number of benzene rings is 3. The highest BCUT2D eigenvalue weighted by atomic mass is 79.9. The van der Waals surface area contributed by atoms with Crippen LogP contribution in [0, 0.1) is 6.92 Å². The molecular weight excluding hydrogens is 354 g/mol. The highest BCUT2D eigenvalue weighted by molar-refractivity contribution is 9.10. The van der Waals surface area contributed by atoms with E-state index in [9.17, 15) is 0 Å². The van der Waals surface area contributed by atoms with Crippen molar-refractivity contribution in [2.45, 2.75) is 6.92 Å². The summed E-state index contributed by atoms with van der Waals surface area (Å²) in [7, 11) is 0. The fourth-order valence-corrected chi connectivity index (χ4v) is 2.39. The molecular formula is C19H16BrNO2. The third-order valence-corrected chi connectivity index (χ3v) is 3.83. The number of rotatable bonds is 4. The number of ether oxygens (including phenoxy) is 2. The normalized spacial score (nSPS) is 10.3. The maximum absolute atomic E-state index is 5.87. The second-order valence-electron chi connectivity index (χ2n) is 5.15. The molecule has 0 aliphatic heterocycles. The SMILES string of the molecule is Cc1cc(N)ccc1Oc1ccc(Oc2ccc(Br)cc2)cc1. The van der Waals surface area contributed by atoms with Gasteiger partial charge in [0.25, 0.3) is 0 Å². The van der Waals surface area contributed by atoms with Gasteiger partial charge in [-0.25, -0.2) is 0 Å². The fourth-order valence-electron chi connectivity index (χ4n) is 2.13. The summed E-state index contributed by atoms with van der Waals surface area (Å²) in [5.74, 6) is 3.09. The molecule has 4 heteroatoms. The zero-order chi connectivity index (χ0) is 16.2. The Kier molecular flexibility index (Phi) is 4.53. The van der Waals surface area contributed by atoms with Crippen LogP contribution in [0.4, 0.5) is 5.69 Å². The summed E-state index contributed by atoms with van der Waals surface area (Å²) >= 11 is 3.40. The van der Waals surface area contributed by atoms with Crippen LogP contribution in [0.15, 0.2) is 71.2 Å². The van der Waals surface area contributed by atoms with E-state index >= 15 is 0 Å². The van der Waals surface area contributed by atoms with E-state index in [2.05, 4.69) is 15.9 Å². The number of anilines is 1. The van der Waals surface area contributed by atoms with Gasteiger partial charge in [0.1, 0.15) is 23.0 Å². The predicted molar refractivity (Wildman–Crippen MR) is 96.3 cm³/mol. The highest BCUT2D eigenvalue weighted by Crippen LogP contribution is 2.29. The Morgan fingerprint density at radius 1 is 0.739 bits per heavy atom. The van der Waals surface area contributed by atoms with Gasteiger partial charge < -0.3 is 15.2 Å². The minimum Gasteiger partial charge on any atom is -0.457 e. The third-order valence-electron chi connectivity index (χ3n) is 3.30. The first-order valence-electron chi connectivity index (χ1n) is 7.17. The molecule has 0 radical (unpaired) electrons. The van der Waals surface area contributed by atoms with E-state index in [1.165, 1.54) is 0 Å². The summed E-state index contributed by atoms with van der Waals surface area (Å²) in [4.78, 5) is 0. The molecule has 0 aliphatic rings. The average Bonchev–Trinajstić information content (AvgIpc) is 2.54. The number of halogens is 1.